The summed E-state index contributed by atoms with van der Waals surface area (Å²) in [6, 6.07) is 0.400. The van der Waals surface area contributed by atoms with Crippen molar-refractivity contribution in [2.45, 2.75) is 64.0 Å². The van der Waals surface area contributed by atoms with Gasteiger partial charge in [0.25, 0.3) is 0 Å². The van der Waals surface area contributed by atoms with Crippen LogP contribution in [0.2, 0.25) is 0 Å². The van der Waals surface area contributed by atoms with Gasteiger partial charge in [-0.3, -0.25) is 0 Å². The van der Waals surface area contributed by atoms with E-state index in [1.165, 1.54) is 25.7 Å². The Morgan fingerprint density at radius 3 is 2.95 bits per heavy atom. The van der Waals surface area contributed by atoms with Gasteiger partial charge in [0, 0.05) is 38.5 Å². The van der Waals surface area contributed by atoms with Crippen LogP contribution in [0.5, 0.6) is 0 Å². The van der Waals surface area contributed by atoms with Crippen molar-refractivity contribution in [3.8, 4) is 0 Å². The minimum Gasteiger partial charge on any atom is -0.374 e. The molecule has 0 aromatic carbocycles. The number of nitrogens with zero attached hydrogens (tertiary/aromatic N) is 2. The monoisotopic (exact) mass is 293 g/mol. The number of imidazole rings is 1. The van der Waals surface area contributed by atoms with Crippen LogP contribution in [0.4, 0.5) is 0 Å². The number of rotatable bonds is 7. The van der Waals surface area contributed by atoms with Gasteiger partial charge in [0.05, 0.1) is 5.60 Å². The quantitative estimate of drug-likeness (QED) is 0.840. The van der Waals surface area contributed by atoms with E-state index in [1.807, 2.05) is 12.4 Å². The van der Waals surface area contributed by atoms with E-state index >= 15 is 0 Å². The second-order valence-electron chi connectivity index (χ2n) is 6.53. The van der Waals surface area contributed by atoms with E-state index in [0.717, 1.165) is 31.2 Å². The van der Waals surface area contributed by atoms with E-state index in [9.17, 15) is 0 Å². The Labute approximate surface area is 129 Å². The summed E-state index contributed by atoms with van der Waals surface area (Å²) < 4.78 is 8.42. The molecule has 1 N–H and O–H groups in total. The molecule has 120 valence electrons. The predicted octanol–water partition coefficient (Wildman–Crippen LogP) is 2.93. The molecular formula is C17H31N3O. The van der Waals surface area contributed by atoms with Gasteiger partial charge < -0.3 is 14.6 Å². The molecule has 21 heavy (non-hydrogen) atoms. The second-order valence-corrected chi connectivity index (χ2v) is 6.53. The van der Waals surface area contributed by atoms with E-state index < -0.39 is 0 Å². The lowest BCUT2D eigenvalue weighted by Gasteiger charge is -2.45. The van der Waals surface area contributed by atoms with Crippen LogP contribution in [0.1, 0.15) is 51.8 Å². The van der Waals surface area contributed by atoms with Gasteiger partial charge >= 0.3 is 0 Å². The topological polar surface area (TPSA) is 39.1 Å². The summed E-state index contributed by atoms with van der Waals surface area (Å²) in [6.07, 6.45) is 10.9. The lowest BCUT2D eigenvalue weighted by Crippen LogP contribution is -2.54. The zero-order chi connectivity index (χ0) is 15.3. The van der Waals surface area contributed by atoms with Crippen molar-refractivity contribution in [2.24, 2.45) is 13.0 Å². The van der Waals surface area contributed by atoms with Gasteiger partial charge in [0.1, 0.15) is 5.82 Å². The molecule has 0 saturated heterocycles. The van der Waals surface area contributed by atoms with Crippen LogP contribution in [0.3, 0.4) is 0 Å². The molecular weight excluding hydrogens is 262 g/mol. The summed E-state index contributed by atoms with van der Waals surface area (Å²) in [4.78, 5) is 4.45. The van der Waals surface area contributed by atoms with Gasteiger partial charge in [-0.05, 0) is 39.2 Å². The van der Waals surface area contributed by atoms with Crippen LogP contribution in [0.25, 0.3) is 0 Å². The second kappa shape index (κ2) is 7.41. The largest absolute Gasteiger partial charge is 0.374 e. The van der Waals surface area contributed by atoms with Gasteiger partial charge in [0.2, 0.25) is 0 Å². The van der Waals surface area contributed by atoms with Crippen LogP contribution in [-0.4, -0.2) is 34.8 Å². The van der Waals surface area contributed by atoms with Crippen molar-refractivity contribution in [1.82, 2.24) is 14.9 Å². The molecule has 0 radical (unpaired) electrons. The fourth-order valence-electron chi connectivity index (χ4n) is 3.96. The van der Waals surface area contributed by atoms with E-state index in [2.05, 4.69) is 42.8 Å². The standard InChI is InChI=1S/C17H31N3O/c1-5-21-17(10-6-7-14(2)13-17)15(18-3)8-9-16-19-11-12-20(16)4/h11-12,14-15,18H,5-10,13H2,1-4H3. The summed E-state index contributed by atoms with van der Waals surface area (Å²) in [6.45, 7) is 5.28. The zero-order valence-electron chi connectivity index (χ0n) is 14.1. The molecule has 0 aliphatic heterocycles. The average Bonchev–Trinajstić information content (AvgIpc) is 2.85. The molecule has 0 amide bonds. The first-order valence-corrected chi connectivity index (χ1v) is 8.38. The average molecular weight is 293 g/mol. The lowest BCUT2D eigenvalue weighted by molar-refractivity contribution is -0.100. The summed E-state index contributed by atoms with van der Waals surface area (Å²) in [7, 11) is 4.14. The Hall–Kier alpha value is -0.870. The van der Waals surface area contributed by atoms with Crippen molar-refractivity contribution in [1.29, 1.82) is 0 Å². The first kappa shape index (κ1) is 16.5. The normalized spacial score (nSPS) is 27.7. The van der Waals surface area contributed by atoms with Crippen LogP contribution in [-0.2, 0) is 18.2 Å². The summed E-state index contributed by atoms with van der Waals surface area (Å²) in [5, 5.41) is 3.54. The minimum absolute atomic E-state index is 0.00628. The van der Waals surface area contributed by atoms with Gasteiger partial charge in [0.15, 0.2) is 0 Å². The molecule has 1 fully saturated rings. The lowest BCUT2D eigenvalue weighted by atomic mass is 9.73. The minimum atomic E-state index is 0.00628. The van der Waals surface area contributed by atoms with Crippen LogP contribution in [0.15, 0.2) is 12.4 Å². The predicted molar refractivity (Wildman–Crippen MR) is 86.4 cm³/mol. The van der Waals surface area contributed by atoms with Crippen molar-refractivity contribution >= 4 is 0 Å². The van der Waals surface area contributed by atoms with E-state index in [0.29, 0.717) is 6.04 Å². The number of aryl methyl sites for hydroxylation is 2. The molecule has 1 heterocycles. The number of nitrogens with one attached hydrogen (secondary N) is 1. The molecule has 1 aromatic rings. The number of hydrogen-bond donors (Lipinski definition) is 1. The maximum absolute atomic E-state index is 6.30. The third-order valence-electron chi connectivity index (χ3n) is 4.98. The maximum atomic E-state index is 6.30. The number of aromatic nitrogens is 2. The Kier molecular flexibility index (Phi) is 5.82. The first-order valence-electron chi connectivity index (χ1n) is 8.38. The molecule has 4 nitrogen and oxygen atoms in total. The van der Waals surface area contributed by atoms with E-state index in [-0.39, 0.29) is 5.60 Å². The highest BCUT2D eigenvalue weighted by Gasteiger charge is 2.41. The van der Waals surface area contributed by atoms with Gasteiger partial charge in [-0.25, -0.2) is 4.98 Å². The third kappa shape index (κ3) is 3.86. The Morgan fingerprint density at radius 2 is 2.38 bits per heavy atom. The first-order chi connectivity index (χ1) is 10.1. The molecule has 0 bridgehead atoms. The van der Waals surface area contributed by atoms with Crippen LogP contribution < -0.4 is 5.32 Å². The Morgan fingerprint density at radius 1 is 1.57 bits per heavy atom. The number of hydrogen-bond acceptors (Lipinski definition) is 3. The molecule has 0 spiro atoms. The summed E-state index contributed by atoms with van der Waals surface area (Å²) >= 11 is 0. The fourth-order valence-corrected chi connectivity index (χ4v) is 3.96. The fraction of sp³-hybridized carbons (Fsp3) is 0.824. The highest BCUT2D eigenvalue weighted by atomic mass is 16.5. The van der Waals surface area contributed by atoms with E-state index in [1.54, 1.807) is 0 Å². The van der Waals surface area contributed by atoms with Gasteiger partial charge in [-0.1, -0.05) is 19.8 Å². The molecule has 1 saturated carbocycles. The highest BCUT2D eigenvalue weighted by molar-refractivity contribution is 4.99. The summed E-state index contributed by atoms with van der Waals surface area (Å²) in [5.41, 5.74) is 0.00628. The van der Waals surface area contributed by atoms with Gasteiger partial charge in [-0.15, -0.1) is 0 Å². The summed E-state index contributed by atoms with van der Waals surface area (Å²) in [5.74, 6) is 1.92. The molecule has 3 atom stereocenters. The highest BCUT2D eigenvalue weighted by Crippen LogP contribution is 2.38. The number of ether oxygens (including phenoxy) is 1. The molecule has 4 heteroatoms. The smallest absolute Gasteiger partial charge is 0.108 e. The van der Waals surface area contributed by atoms with Crippen LogP contribution in [0, 0.1) is 5.92 Å². The number of likely N-dealkylation sites (N-methyl/N-ethyl adjacent to an activating group) is 1. The van der Waals surface area contributed by atoms with Crippen molar-refractivity contribution < 1.29 is 4.74 Å². The van der Waals surface area contributed by atoms with Gasteiger partial charge in [-0.2, -0.15) is 0 Å². The third-order valence-corrected chi connectivity index (χ3v) is 4.98. The molecule has 1 aromatic heterocycles. The van der Waals surface area contributed by atoms with Crippen molar-refractivity contribution in [3.63, 3.8) is 0 Å². The zero-order valence-corrected chi connectivity index (χ0v) is 14.1. The maximum Gasteiger partial charge on any atom is 0.108 e. The Balaban J connectivity index is 2.06. The Bertz CT molecular complexity index is 427. The SMILES string of the molecule is CCOC1(C(CCc2nccn2C)NC)CCCC(C)C1. The van der Waals surface area contributed by atoms with Crippen molar-refractivity contribution in [3.05, 3.63) is 18.2 Å². The van der Waals surface area contributed by atoms with Crippen molar-refractivity contribution in [2.75, 3.05) is 13.7 Å². The molecule has 3 unspecified atom stereocenters. The molecule has 2 rings (SSSR count). The van der Waals surface area contributed by atoms with Crippen LogP contribution >= 0.6 is 0 Å². The van der Waals surface area contributed by atoms with E-state index in [4.69, 9.17) is 4.74 Å². The molecule has 1 aliphatic rings. The molecule has 1 aliphatic carbocycles.